The Morgan fingerprint density at radius 1 is 1.35 bits per heavy atom. The van der Waals surface area contributed by atoms with Gasteiger partial charge in [0.2, 0.25) is 17.7 Å². The van der Waals surface area contributed by atoms with E-state index in [0.29, 0.717) is 37.1 Å². The Kier molecular flexibility index (Phi) is 5.02. The zero-order chi connectivity index (χ0) is 16.1. The molecule has 1 atom stereocenters. The highest BCUT2D eigenvalue weighted by Crippen LogP contribution is 2.23. The number of methoxy groups -OCH3 is 1. The Morgan fingerprint density at radius 3 is 2.96 bits per heavy atom. The summed E-state index contributed by atoms with van der Waals surface area (Å²) in [7, 11) is 1.61. The van der Waals surface area contributed by atoms with Crippen LogP contribution in [0.1, 0.15) is 18.7 Å². The van der Waals surface area contributed by atoms with Gasteiger partial charge >= 0.3 is 0 Å². The second-order valence-corrected chi connectivity index (χ2v) is 5.81. The van der Waals surface area contributed by atoms with Gasteiger partial charge < -0.3 is 14.1 Å². The lowest BCUT2D eigenvalue weighted by Crippen LogP contribution is -2.29. The van der Waals surface area contributed by atoms with Gasteiger partial charge in [-0.15, -0.1) is 10.2 Å². The molecule has 6 nitrogen and oxygen atoms in total. The van der Waals surface area contributed by atoms with Crippen LogP contribution in [0.5, 0.6) is 0 Å². The van der Waals surface area contributed by atoms with Crippen LogP contribution in [0, 0.1) is 5.92 Å². The van der Waals surface area contributed by atoms with Crippen molar-refractivity contribution in [2.24, 2.45) is 5.92 Å². The number of hydrogen-bond donors (Lipinski definition) is 0. The molecule has 1 fully saturated rings. The normalized spacial score (nSPS) is 17.6. The van der Waals surface area contributed by atoms with E-state index in [1.807, 2.05) is 35.2 Å². The van der Waals surface area contributed by atoms with Crippen LogP contribution >= 0.6 is 0 Å². The lowest BCUT2D eigenvalue weighted by molar-refractivity contribution is -0.131. The fourth-order valence-corrected chi connectivity index (χ4v) is 2.85. The molecule has 1 unspecified atom stereocenters. The number of rotatable bonds is 6. The molecule has 1 aromatic heterocycles. The van der Waals surface area contributed by atoms with Crippen LogP contribution < -0.4 is 0 Å². The average Bonchev–Trinajstić information content (AvgIpc) is 3.23. The maximum absolute atomic E-state index is 12.0. The predicted octanol–water partition coefficient (Wildman–Crippen LogP) is 2.16. The molecular formula is C17H21N3O3. The molecule has 0 N–H and O–H groups in total. The first-order valence-electron chi connectivity index (χ1n) is 7.91. The monoisotopic (exact) mass is 315 g/mol. The van der Waals surface area contributed by atoms with Gasteiger partial charge in [0.25, 0.3) is 0 Å². The first-order chi connectivity index (χ1) is 11.3. The van der Waals surface area contributed by atoms with Crippen molar-refractivity contribution in [1.29, 1.82) is 0 Å². The topological polar surface area (TPSA) is 68.5 Å². The molecule has 0 spiro atoms. The highest BCUT2D eigenvalue weighted by atomic mass is 16.5. The summed E-state index contributed by atoms with van der Waals surface area (Å²) in [6, 6.07) is 9.74. The average molecular weight is 315 g/mol. The Balaban J connectivity index is 1.55. The molecule has 23 heavy (non-hydrogen) atoms. The number of amides is 1. The maximum atomic E-state index is 12.0. The number of nitrogens with zero attached hydrogens (tertiary/aromatic N) is 3. The van der Waals surface area contributed by atoms with Crippen molar-refractivity contribution in [2.45, 2.75) is 19.3 Å². The van der Waals surface area contributed by atoms with Crippen LogP contribution in [0.2, 0.25) is 0 Å². The number of likely N-dealkylation sites (tertiary alicyclic amines) is 1. The standard InChI is InChI=1S/C17H21N3O3/c1-22-10-8-16(21)20-9-7-13(12-20)11-15-18-19-17(23-15)14-5-3-2-4-6-14/h2-6,13H,7-12H2,1H3. The fraction of sp³-hybridized carbons (Fsp3) is 0.471. The van der Waals surface area contributed by atoms with E-state index in [0.717, 1.165) is 25.1 Å². The van der Waals surface area contributed by atoms with Gasteiger partial charge in [0.05, 0.1) is 13.0 Å². The second-order valence-electron chi connectivity index (χ2n) is 5.81. The van der Waals surface area contributed by atoms with E-state index in [-0.39, 0.29) is 5.91 Å². The highest BCUT2D eigenvalue weighted by molar-refractivity contribution is 5.76. The number of ether oxygens (including phenoxy) is 1. The molecule has 1 aliphatic rings. The maximum Gasteiger partial charge on any atom is 0.247 e. The summed E-state index contributed by atoms with van der Waals surface area (Å²) in [6.07, 6.45) is 2.14. The molecule has 0 aliphatic carbocycles. The van der Waals surface area contributed by atoms with E-state index in [1.165, 1.54) is 0 Å². The minimum absolute atomic E-state index is 0.157. The third kappa shape index (κ3) is 3.96. The number of aromatic nitrogens is 2. The van der Waals surface area contributed by atoms with E-state index in [4.69, 9.17) is 9.15 Å². The van der Waals surface area contributed by atoms with Gasteiger partial charge in [0.1, 0.15) is 0 Å². The largest absolute Gasteiger partial charge is 0.421 e. The third-order valence-corrected chi connectivity index (χ3v) is 4.11. The van der Waals surface area contributed by atoms with Crippen LogP contribution in [-0.4, -0.2) is 47.8 Å². The minimum atomic E-state index is 0.157. The quantitative estimate of drug-likeness (QED) is 0.817. The summed E-state index contributed by atoms with van der Waals surface area (Å²) in [4.78, 5) is 13.9. The lowest BCUT2D eigenvalue weighted by Gasteiger charge is -2.15. The number of benzene rings is 1. The van der Waals surface area contributed by atoms with E-state index in [9.17, 15) is 4.79 Å². The summed E-state index contributed by atoms with van der Waals surface area (Å²) in [5.41, 5.74) is 0.925. The van der Waals surface area contributed by atoms with Crippen molar-refractivity contribution in [3.8, 4) is 11.5 Å². The van der Waals surface area contributed by atoms with Crippen LogP contribution in [0.25, 0.3) is 11.5 Å². The molecule has 3 rings (SSSR count). The van der Waals surface area contributed by atoms with Crippen molar-refractivity contribution < 1.29 is 13.9 Å². The molecule has 0 bridgehead atoms. The lowest BCUT2D eigenvalue weighted by atomic mass is 10.1. The zero-order valence-corrected chi connectivity index (χ0v) is 13.3. The smallest absolute Gasteiger partial charge is 0.247 e. The van der Waals surface area contributed by atoms with Gasteiger partial charge in [-0.3, -0.25) is 4.79 Å². The van der Waals surface area contributed by atoms with E-state index in [2.05, 4.69) is 10.2 Å². The molecule has 1 aromatic carbocycles. The fourth-order valence-electron chi connectivity index (χ4n) is 2.85. The zero-order valence-electron chi connectivity index (χ0n) is 13.3. The predicted molar refractivity (Wildman–Crippen MR) is 84.6 cm³/mol. The van der Waals surface area contributed by atoms with Crippen molar-refractivity contribution in [3.05, 3.63) is 36.2 Å². The summed E-state index contributed by atoms with van der Waals surface area (Å²) < 4.78 is 10.7. The van der Waals surface area contributed by atoms with Crippen LogP contribution in [0.3, 0.4) is 0 Å². The number of carbonyl (C=O) groups excluding carboxylic acids is 1. The Bertz CT molecular complexity index is 642. The summed E-state index contributed by atoms with van der Waals surface area (Å²) in [6.45, 7) is 2.03. The third-order valence-electron chi connectivity index (χ3n) is 4.11. The van der Waals surface area contributed by atoms with Gasteiger partial charge in [-0.05, 0) is 24.5 Å². The van der Waals surface area contributed by atoms with Crippen molar-refractivity contribution >= 4 is 5.91 Å². The van der Waals surface area contributed by atoms with Crippen LogP contribution in [0.4, 0.5) is 0 Å². The molecule has 0 radical (unpaired) electrons. The molecule has 2 aromatic rings. The Labute approximate surface area is 135 Å². The molecule has 1 aliphatic heterocycles. The highest BCUT2D eigenvalue weighted by Gasteiger charge is 2.27. The van der Waals surface area contributed by atoms with Gasteiger partial charge in [-0.2, -0.15) is 0 Å². The minimum Gasteiger partial charge on any atom is -0.421 e. The first kappa shape index (κ1) is 15.7. The summed E-state index contributed by atoms with van der Waals surface area (Å²) in [5, 5.41) is 8.24. The SMILES string of the molecule is COCCC(=O)N1CCC(Cc2nnc(-c3ccccc3)o2)C1. The van der Waals surface area contributed by atoms with E-state index >= 15 is 0 Å². The Morgan fingerprint density at radius 2 is 2.17 bits per heavy atom. The van der Waals surface area contributed by atoms with Gasteiger partial charge in [-0.1, -0.05) is 18.2 Å². The summed E-state index contributed by atoms with van der Waals surface area (Å²) >= 11 is 0. The number of hydrogen-bond acceptors (Lipinski definition) is 5. The molecule has 2 heterocycles. The van der Waals surface area contributed by atoms with Gasteiger partial charge in [-0.25, -0.2) is 0 Å². The number of carbonyl (C=O) groups is 1. The molecule has 122 valence electrons. The second kappa shape index (κ2) is 7.37. The molecule has 6 heteroatoms. The van der Waals surface area contributed by atoms with E-state index < -0.39 is 0 Å². The van der Waals surface area contributed by atoms with Crippen LogP contribution in [-0.2, 0) is 16.0 Å². The summed E-state index contributed by atoms with van der Waals surface area (Å²) in [5.74, 6) is 1.72. The Hall–Kier alpha value is -2.21. The van der Waals surface area contributed by atoms with Crippen molar-refractivity contribution in [3.63, 3.8) is 0 Å². The molecule has 0 saturated carbocycles. The molecular weight excluding hydrogens is 294 g/mol. The molecule has 1 saturated heterocycles. The van der Waals surface area contributed by atoms with Gasteiger partial charge in [0.15, 0.2) is 0 Å². The first-order valence-corrected chi connectivity index (χ1v) is 7.91. The van der Waals surface area contributed by atoms with Crippen molar-refractivity contribution in [2.75, 3.05) is 26.8 Å². The van der Waals surface area contributed by atoms with Crippen molar-refractivity contribution in [1.82, 2.24) is 15.1 Å². The van der Waals surface area contributed by atoms with Gasteiger partial charge in [0, 0.05) is 32.2 Å². The van der Waals surface area contributed by atoms with E-state index in [1.54, 1.807) is 7.11 Å². The molecule has 1 amide bonds. The van der Waals surface area contributed by atoms with Crippen LogP contribution in [0.15, 0.2) is 34.7 Å².